The zero-order valence-corrected chi connectivity index (χ0v) is 11.1. The molecule has 3 aromatic rings. The van der Waals surface area contributed by atoms with Gasteiger partial charge in [-0.15, -0.1) is 0 Å². The lowest BCUT2D eigenvalue weighted by atomic mass is 10.1. The largest absolute Gasteiger partial charge is 0.344 e. The van der Waals surface area contributed by atoms with E-state index in [0.29, 0.717) is 0 Å². The van der Waals surface area contributed by atoms with Crippen LogP contribution in [0.4, 0.5) is 0 Å². The molecule has 0 aliphatic heterocycles. The van der Waals surface area contributed by atoms with E-state index in [1.165, 1.54) is 22.2 Å². The molecule has 0 unspecified atom stereocenters. The molecular weight excluding hydrogens is 274 g/mol. The van der Waals surface area contributed by atoms with Crippen LogP contribution in [0.5, 0.6) is 0 Å². The highest BCUT2D eigenvalue weighted by molar-refractivity contribution is 9.10. The number of halogens is 1. The summed E-state index contributed by atoms with van der Waals surface area (Å²) in [6, 6.07) is 19.0. The lowest BCUT2D eigenvalue weighted by Gasteiger charge is -2.06. The van der Waals surface area contributed by atoms with E-state index in [-0.39, 0.29) is 0 Å². The van der Waals surface area contributed by atoms with Crippen LogP contribution < -0.4 is 0 Å². The standard InChI is InChI=1S/C15H12BrN/c1-17-14-9-5-2-6-11(14)10-15(17)12-7-3-4-8-13(12)16/h2-10H,1H3. The van der Waals surface area contributed by atoms with Crippen molar-refractivity contribution in [2.24, 2.45) is 7.05 Å². The smallest absolute Gasteiger partial charge is 0.0500 e. The fourth-order valence-electron chi connectivity index (χ4n) is 2.22. The molecule has 0 N–H and O–H groups in total. The average molecular weight is 286 g/mol. The Bertz CT molecular complexity index is 682. The Morgan fingerprint density at radius 2 is 1.65 bits per heavy atom. The highest BCUT2D eigenvalue weighted by Gasteiger charge is 2.09. The zero-order chi connectivity index (χ0) is 11.8. The monoisotopic (exact) mass is 285 g/mol. The van der Waals surface area contributed by atoms with Crippen molar-refractivity contribution in [3.05, 3.63) is 59.1 Å². The van der Waals surface area contributed by atoms with Crippen LogP contribution in [0.15, 0.2) is 59.1 Å². The van der Waals surface area contributed by atoms with E-state index in [9.17, 15) is 0 Å². The van der Waals surface area contributed by atoms with Gasteiger partial charge in [-0.2, -0.15) is 0 Å². The third-order valence-electron chi connectivity index (χ3n) is 3.10. The van der Waals surface area contributed by atoms with Crippen molar-refractivity contribution >= 4 is 26.8 Å². The van der Waals surface area contributed by atoms with Gasteiger partial charge in [-0.1, -0.05) is 52.3 Å². The molecule has 84 valence electrons. The minimum absolute atomic E-state index is 1.13. The van der Waals surface area contributed by atoms with Gasteiger partial charge in [-0.3, -0.25) is 0 Å². The minimum atomic E-state index is 1.13. The Morgan fingerprint density at radius 3 is 2.41 bits per heavy atom. The van der Waals surface area contributed by atoms with Gasteiger partial charge in [0, 0.05) is 33.7 Å². The summed E-state index contributed by atoms with van der Waals surface area (Å²) in [7, 11) is 2.11. The molecule has 0 atom stereocenters. The summed E-state index contributed by atoms with van der Waals surface area (Å²) in [6.07, 6.45) is 0. The van der Waals surface area contributed by atoms with Gasteiger partial charge in [0.25, 0.3) is 0 Å². The van der Waals surface area contributed by atoms with Gasteiger partial charge in [-0.25, -0.2) is 0 Å². The van der Waals surface area contributed by atoms with Crippen LogP contribution in [-0.4, -0.2) is 4.57 Å². The van der Waals surface area contributed by atoms with Crippen LogP contribution in [0.2, 0.25) is 0 Å². The molecule has 2 heteroatoms. The fourth-order valence-corrected chi connectivity index (χ4v) is 2.70. The van der Waals surface area contributed by atoms with Gasteiger partial charge in [-0.05, 0) is 18.2 Å². The summed E-state index contributed by atoms with van der Waals surface area (Å²) in [4.78, 5) is 0. The first kappa shape index (κ1) is 10.6. The van der Waals surface area contributed by atoms with Gasteiger partial charge in [0.15, 0.2) is 0 Å². The van der Waals surface area contributed by atoms with Crippen molar-refractivity contribution in [3.8, 4) is 11.3 Å². The number of fused-ring (bicyclic) bond motifs is 1. The molecule has 0 fully saturated rings. The molecule has 0 spiro atoms. The maximum Gasteiger partial charge on any atom is 0.0500 e. The topological polar surface area (TPSA) is 4.93 Å². The zero-order valence-electron chi connectivity index (χ0n) is 9.52. The van der Waals surface area contributed by atoms with E-state index < -0.39 is 0 Å². The summed E-state index contributed by atoms with van der Waals surface area (Å²) >= 11 is 3.61. The maximum atomic E-state index is 3.61. The Kier molecular flexibility index (Phi) is 2.52. The van der Waals surface area contributed by atoms with Crippen molar-refractivity contribution < 1.29 is 0 Å². The molecule has 0 aliphatic carbocycles. The van der Waals surface area contributed by atoms with E-state index >= 15 is 0 Å². The molecule has 3 rings (SSSR count). The molecule has 0 bridgehead atoms. The second kappa shape index (κ2) is 4.04. The average Bonchev–Trinajstić information content (AvgIpc) is 2.68. The van der Waals surface area contributed by atoms with Gasteiger partial charge in [0.2, 0.25) is 0 Å². The van der Waals surface area contributed by atoms with Crippen LogP contribution in [0, 0.1) is 0 Å². The molecule has 1 aromatic heterocycles. The number of nitrogens with zero attached hydrogens (tertiary/aromatic N) is 1. The lowest BCUT2D eigenvalue weighted by molar-refractivity contribution is 0.977. The lowest BCUT2D eigenvalue weighted by Crippen LogP contribution is -1.91. The van der Waals surface area contributed by atoms with Crippen LogP contribution in [-0.2, 0) is 7.05 Å². The first-order valence-electron chi connectivity index (χ1n) is 5.57. The second-order valence-electron chi connectivity index (χ2n) is 4.13. The predicted molar refractivity (Wildman–Crippen MR) is 76.1 cm³/mol. The van der Waals surface area contributed by atoms with Gasteiger partial charge in [0.1, 0.15) is 0 Å². The van der Waals surface area contributed by atoms with E-state index in [2.05, 4.69) is 76.1 Å². The third-order valence-corrected chi connectivity index (χ3v) is 3.79. The van der Waals surface area contributed by atoms with Crippen molar-refractivity contribution in [2.45, 2.75) is 0 Å². The Hall–Kier alpha value is -1.54. The van der Waals surface area contributed by atoms with Crippen molar-refractivity contribution in [1.29, 1.82) is 0 Å². The summed E-state index contributed by atoms with van der Waals surface area (Å²) in [6.45, 7) is 0. The molecule has 0 radical (unpaired) electrons. The number of hydrogen-bond acceptors (Lipinski definition) is 0. The molecule has 0 amide bonds. The molecule has 0 aliphatic rings. The number of hydrogen-bond donors (Lipinski definition) is 0. The van der Waals surface area contributed by atoms with Gasteiger partial charge >= 0.3 is 0 Å². The number of para-hydroxylation sites is 1. The van der Waals surface area contributed by atoms with E-state index in [1.54, 1.807) is 0 Å². The Labute approximate surface area is 109 Å². The SMILES string of the molecule is Cn1c(-c2ccccc2Br)cc2ccccc21. The van der Waals surface area contributed by atoms with Crippen molar-refractivity contribution in [2.75, 3.05) is 0 Å². The van der Waals surface area contributed by atoms with Crippen LogP contribution in [0.1, 0.15) is 0 Å². The molecule has 0 saturated heterocycles. The summed E-state index contributed by atoms with van der Waals surface area (Å²) in [5.41, 5.74) is 3.73. The molecule has 17 heavy (non-hydrogen) atoms. The number of aromatic nitrogens is 1. The highest BCUT2D eigenvalue weighted by Crippen LogP contribution is 2.31. The third kappa shape index (κ3) is 1.69. The van der Waals surface area contributed by atoms with E-state index in [4.69, 9.17) is 0 Å². The van der Waals surface area contributed by atoms with Gasteiger partial charge < -0.3 is 4.57 Å². The van der Waals surface area contributed by atoms with Crippen molar-refractivity contribution in [1.82, 2.24) is 4.57 Å². The number of aryl methyl sites for hydroxylation is 1. The Balaban J connectivity index is 2.32. The first-order chi connectivity index (χ1) is 8.27. The van der Waals surface area contributed by atoms with Crippen molar-refractivity contribution in [3.63, 3.8) is 0 Å². The first-order valence-corrected chi connectivity index (χ1v) is 6.36. The molecule has 1 heterocycles. The molecule has 2 aromatic carbocycles. The molecular formula is C15H12BrN. The number of benzene rings is 2. The van der Waals surface area contributed by atoms with Gasteiger partial charge in [0.05, 0.1) is 0 Å². The highest BCUT2D eigenvalue weighted by atomic mass is 79.9. The summed E-state index contributed by atoms with van der Waals surface area (Å²) in [5, 5.41) is 1.28. The number of rotatable bonds is 1. The van der Waals surface area contributed by atoms with Crippen LogP contribution in [0.25, 0.3) is 22.2 Å². The summed E-state index contributed by atoms with van der Waals surface area (Å²) < 4.78 is 3.36. The predicted octanol–water partition coefficient (Wildman–Crippen LogP) is 4.61. The van der Waals surface area contributed by atoms with Crippen LogP contribution >= 0.6 is 15.9 Å². The molecule has 1 nitrogen and oxygen atoms in total. The summed E-state index contributed by atoms with van der Waals surface area (Å²) in [5.74, 6) is 0. The fraction of sp³-hybridized carbons (Fsp3) is 0.0667. The molecule has 0 saturated carbocycles. The second-order valence-corrected chi connectivity index (χ2v) is 4.98. The minimum Gasteiger partial charge on any atom is -0.344 e. The quantitative estimate of drug-likeness (QED) is 0.615. The van der Waals surface area contributed by atoms with E-state index in [0.717, 1.165) is 4.47 Å². The maximum absolute atomic E-state index is 3.61. The Morgan fingerprint density at radius 1 is 0.941 bits per heavy atom. The van der Waals surface area contributed by atoms with Crippen LogP contribution in [0.3, 0.4) is 0 Å². The normalized spacial score (nSPS) is 10.9. The van der Waals surface area contributed by atoms with E-state index in [1.807, 2.05) is 6.07 Å².